The van der Waals surface area contributed by atoms with Gasteiger partial charge in [0.15, 0.2) is 0 Å². The van der Waals surface area contributed by atoms with Crippen molar-refractivity contribution in [1.82, 2.24) is 25.3 Å². The second-order valence-corrected chi connectivity index (χ2v) is 6.45. The fraction of sp³-hybridized carbons (Fsp3) is 0.211. The third-order valence-electron chi connectivity index (χ3n) is 4.25. The lowest BCUT2D eigenvalue weighted by molar-refractivity contribution is 0.0951. The van der Waals surface area contributed by atoms with Crippen LogP contribution >= 0.6 is 0 Å². The summed E-state index contributed by atoms with van der Waals surface area (Å²) < 4.78 is 0. The Labute approximate surface area is 144 Å². The summed E-state index contributed by atoms with van der Waals surface area (Å²) in [5.74, 6) is 1.22. The van der Waals surface area contributed by atoms with Crippen LogP contribution in [0.5, 0.6) is 0 Å². The number of carbonyl (C=O) groups excluding carboxylic acids is 1. The number of aromatic nitrogens is 4. The Morgan fingerprint density at radius 1 is 1.12 bits per heavy atom. The minimum absolute atomic E-state index is 0.107. The zero-order valence-corrected chi connectivity index (χ0v) is 14.1. The molecule has 0 fully saturated rings. The highest BCUT2D eigenvalue weighted by Crippen LogP contribution is 2.18. The molecule has 3 N–H and O–H groups in total. The lowest BCUT2D eigenvalue weighted by Gasteiger charge is -2.05. The summed E-state index contributed by atoms with van der Waals surface area (Å²) in [5, 5.41) is 2.96. The Bertz CT molecular complexity index is 1060. The number of imidazole rings is 2. The first-order valence-electron chi connectivity index (χ1n) is 8.30. The molecule has 6 heteroatoms. The number of rotatable bonds is 4. The van der Waals surface area contributed by atoms with E-state index in [2.05, 4.69) is 39.1 Å². The van der Waals surface area contributed by atoms with Gasteiger partial charge < -0.3 is 15.3 Å². The zero-order chi connectivity index (χ0) is 17.4. The van der Waals surface area contributed by atoms with Crippen LogP contribution in [-0.4, -0.2) is 25.8 Å². The Kier molecular flexibility index (Phi) is 3.72. The fourth-order valence-electron chi connectivity index (χ4n) is 2.82. The highest BCUT2D eigenvalue weighted by molar-refractivity contribution is 5.97. The summed E-state index contributed by atoms with van der Waals surface area (Å²) in [6.45, 7) is 4.68. The number of fused-ring (bicyclic) bond motifs is 2. The van der Waals surface area contributed by atoms with Gasteiger partial charge in [-0.2, -0.15) is 0 Å². The molecule has 4 rings (SSSR count). The molecule has 0 spiro atoms. The van der Waals surface area contributed by atoms with E-state index in [-0.39, 0.29) is 5.91 Å². The molecule has 2 aromatic carbocycles. The smallest absolute Gasteiger partial charge is 0.251 e. The fourth-order valence-corrected chi connectivity index (χ4v) is 2.82. The van der Waals surface area contributed by atoms with Crippen LogP contribution < -0.4 is 5.32 Å². The molecule has 0 radical (unpaired) electrons. The number of nitrogens with one attached hydrogen (secondary N) is 3. The predicted octanol–water partition coefficient (Wildman–Crippen LogP) is 3.49. The number of nitrogens with zero attached hydrogens (tertiary/aromatic N) is 2. The van der Waals surface area contributed by atoms with Gasteiger partial charge in [0.1, 0.15) is 5.82 Å². The van der Waals surface area contributed by atoms with Gasteiger partial charge in [-0.3, -0.25) is 4.79 Å². The first-order chi connectivity index (χ1) is 12.1. The van der Waals surface area contributed by atoms with Crippen LogP contribution in [0.3, 0.4) is 0 Å². The van der Waals surface area contributed by atoms with E-state index in [0.717, 1.165) is 33.5 Å². The summed E-state index contributed by atoms with van der Waals surface area (Å²) in [4.78, 5) is 27.5. The minimum Gasteiger partial charge on any atom is -0.348 e. The maximum Gasteiger partial charge on any atom is 0.251 e. The number of hydrogen-bond acceptors (Lipinski definition) is 3. The number of aromatic amines is 2. The van der Waals surface area contributed by atoms with Crippen molar-refractivity contribution in [3.05, 3.63) is 59.7 Å². The van der Waals surface area contributed by atoms with Crippen molar-refractivity contribution in [2.75, 3.05) is 0 Å². The Hall–Kier alpha value is -3.15. The average Bonchev–Trinajstić information content (AvgIpc) is 3.24. The number of benzene rings is 2. The third kappa shape index (κ3) is 2.98. The van der Waals surface area contributed by atoms with Gasteiger partial charge in [-0.05, 0) is 35.9 Å². The third-order valence-corrected chi connectivity index (χ3v) is 4.25. The molecule has 0 saturated heterocycles. The molecular weight excluding hydrogens is 314 g/mol. The Balaban J connectivity index is 1.49. The molecule has 0 aliphatic heterocycles. The van der Waals surface area contributed by atoms with Gasteiger partial charge in [0, 0.05) is 18.0 Å². The van der Waals surface area contributed by atoms with E-state index in [4.69, 9.17) is 0 Å². The minimum atomic E-state index is -0.107. The van der Waals surface area contributed by atoms with E-state index in [0.29, 0.717) is 18.0 Å². The maximum absolute atomic E-state index is 12.4. The van der Waals surface area contributed by atoms with Crippen molar-refractivity contribution in [3.8, 4) is 0 Å². The van der Waals surface area contributed by atoms with Crippen LogP contribution in [0.2, 0.25) is 0 Å². The van der Waals surface area contributed by atoms with Crippen LogP contribution in [0.25, 0.3) is 22.1 Å². The van der Waals surface area contributed by atoms with E-state index >= 15 is 0 Å². The van der Waals surface area contributed by atoms with Crippen LogP contribution in [0.4, 0.5) is 0 Å². The molecule has 6 nitrogen and oxygen atoms in total. The molecule has 1 amide bonds. The van der Waals surface area contributed by atoms with Gasteiger partial charge in [0.25, 0.3) is 5.91 Å². The average molecular weight is 333 g/mol. The summed E-state index contributed by atoms with van der Waals surface area (Å²) >= 11 is 0. The maximum atomic E-state index is 12.4. The number of carbonyl (C=O) groups is 1. The van der Waals surface area contributed by atoms with Gasteiger partial charge in [-0.1, -0.05) is 19.9 Å². The van der Waals surface area contributed by atoms with Gasteiger partial charge in [0.2, 0.25) is 0 Å². The number of amides is 1. The topological polar surface area (TPSA) is 86.5 Å². The summed E-state index contributed by atoms with van der Waals surface area (Å²) in [6.07, 6.45) is 1.62. The molecule has 2 heterocycles. The van der Waals surface area contributed by atoms with Crippen molar-refractivity contribution in [1.29, 1.82) is 0 Å². The van der Waals surface area contributed by atoms with Gasteiger partial charge in [0.05, 0.1) is 28.4 Å². The van der Waals surface area contributed by atoms with Crippen molar-refractivity contribution in [2.45, 2.75) is 26.3 Å². The van der Waals surface area contributed by atoms with E-state index in [1.54, 1.807) is 12.4 Å². The molecule has 0 atom stereocenters. The molecule has 126 valence electrons. The Morgan fingerprint density at radius 3 is 2.80 bits per heavy atom. The normalized spacial score (nSPS) is 11.5. The van der Waals surface area contributed by atoms with Crippen molar-refractivity contribution < 1.29 is 4.79 Å². The molecule has 0 unspecified atom stereocenters. The van der Waals surface area contributed by atoms with E-state index in [1.807, 2.05) is 30.3 Å². The predicted molar refractivity (Wildman–Crippen MR) is 97.4 cm³/mol. The van der Waals surface area contributed by atoms with Crippen LogP contribution in [0.15, 0.2) is 42.7 Å². The Morgan fingerprint density at radius 2 is 1.96 bits per heavy atom. The lowest BCUT2D eigenvalue weighted by Crippen LogP contribution is -2.22. The quantitative estimate of drug-likeness (QED) is 0.534. The monoisotopic (exact) mass is 333 g/mol. The highest BCUT2D eigenvalue weighted by atomic mass is 16.1. The molecule has 25 heavy (non-hydrogen) atoms. The van der Waals surface area contributed by atoms with Crippen LogP contribution in [0.1, 0.15) is 41.5 Å². The second-order valence-electron chi connectivity index (χ2n) is 6.45. The molecule has 0 saturated carbocycles. The molecule has 4 aromatic rings. The van der Waals surface area contributed by atoms with E-state index in [1.165, 1.54) is 0 Å². The lowest BCUT2D eigenvalue weighted by atomic mass is 10.1. The van der Waals surface area contributed by atoms with Crippen molar-refractivity contribution in [3.63, 3.8) is 0 Å². The molecular formula is C19H19N5O. The standard InChI is InChI=1S/C19H19N5O/c1-11(2)18-23-15-5-3-12(7-17(15)24-18)9-20-19(25)13-4-6-14-16(8-13)22-10-21-14/h3-8,10-11H,9H2,1-2H3,(H,20,25)(H,21,22)(H,23,24). The highest BCUT2D eigenvalue weighted by Gasteiger charge is 2.09. The zero-order valence-electron chi connectivity index (χ0n) is 14.1. The van der Waals surface area contributed by atoms with E-state index in [9.17, 15) is 4.79 Å². The van der Waals surface area contributed by atoms with Crippen LogP contribution in [0, 0.1) is 0 Å². The van der Waals surface area contributed by atoms with Crippen LogP contribution in [-0.2, 0) is 6.54 Å². The van der Waals surface area contributed by atoms with E-state index < -0.39 is 0 Å². The van der Waals surface area contributed by atoms with Gasteiger partial charge in [-0.15, -0.1) is 0 Å². The number of H-pyrrole nitrogens is 2. The molecule has 0 bridgehead atoms. The second kappa shape index (κ2) is 6.05. The van der Waals surface area contributed by atoms with Gasteiger partial charge in [-0.25, -0.2) is 9.97 Å². The van der Waals surface area contributed by atoms with Gasteiger partial charge >= 0.3 is 0 Å². The SMILES string of the molecule is CC(C)c1nc2ccc(CNC(=O)c3ccc4nc[nH]c4c3)cc2[nH]1. The first kappa shape index (κ1) is 15.4. The largest absolute Gasteiger partial charge is 0.348 e. The number of hydrogen-bond donors (Lipinski definition) is 3. The molecule has 0 aliphatic carbocycles. The summed E-state index contributed by atoms with van der Waals surface area (Å²) in [6, 6.07) is 11.4. The molecule has 2 aromatic heterocycles. The summed E-state index contributed by atoms with van der Waals surface area (Å²) in [7, 11) is 0. The summed E-state index contributed by atoms with van der Waals surface area (Å²) in [5.41, 5.74) is 5.29. The molecule has 0 aliphatic rings. The van der Waals surface area contributed by atoms with Crippen molar-refractivity contribution in [2.24, 2.45) is 0 Å². The van der Waals surface area contributed by atoms with Crippen molar-refractivity contribution >= 4 is 28.0 Å². The first-order valence-corrected chi connectivity index (χ1v) is 8.30.